The highest BCUT2D eigenvalue weighted by Crippen LogP contribution is 2.25. The first-order chi connectivity index (χ1) is 9.54. The first kappa shape index (κ1) is 18.3. The van der Waals surface area contributed by atoms with Crippen LogP contribution in [0.2, 0.25) is 5.02 Å². The van der Waals surface area contributed by atoms with Crippen LogP contribution < -0.4 is 5.73 Å². The Hall–Kier alpha value is -0.750. The summed E-state index contributed by atoms with van der Waals surface area (Å²) in [6.07, 6.45) is 0.837. The van der Waals surface area contributed by atoms with Crippen LogP contribution in [-0.4, -0.2) is 10.2 Å². The Morgan fingerprint density at radius 2 is 1.90 bits per heavy atom. The fourth-order valence-electron chi connectivity index (χ4n) is 1.76. The van der Waals surface area contributed by atoms with Gasteiger partial charge in [-0.25, -0.2) is 0 Å². The molecule has 0 saturated carbocycles. The third kappa shape index (κ3) is 5.87. The van der Waals surface area contributed by atoms with Crippen LogP contribution in [0.4, 0.5) is 0 Å². The maximum absolute atomic E-state index is 6.01. The molecule has 116 valence electrons. The topological polar surface area (TPSA) is 64.9 Å². The molecule has 0 aliphatic heterocycles. The van der Waals surface area contributed by atoms with Gasteiger partial charge in [-0.05, 0) is 30.0 Å². The number of hydrogen-bond donors (Lipinski definition) is 1. The van der Waals surface area contributed by atoms with E-state index >= 15 is 0 Å². The molecule has 21 heavy (non-hydrogen) atoms. The monoisotopic (exact) mass is 347 g/mol. The molecule has 0 fully saturated rings. The van der Waals surface area contributed by atoms with Crippen molar-refractivity contribution < 1.29 is 4.42 Å². The van der Waals surface area contributed by atoms with Gasteiger partial charge in [-0.1, -0.05) is 49.3 Å². The van der Waals surface area contributed by atoms with E-state index in [2.05, 4.69) is 24.0 Å². The van der Waals surface area contributed by atoms with Crippen LogP contribution >= 0.6 is 35.8 Å². The molecule has 0 saturated heterocycles. The molecular formula is C14H19Cl2N3OS. The molecule has 2 N–H and O–H groups in total. The smallest absolute Gasteiger partial charge is 0.276 e. The Labute approximate surface area is 140 Å². The van der Waals surface area contributed by atoms with Crippen molar-refractivity contribution in [1.29, 1.82) is 0 Å². The summed E-state index contributed by atoms with van der Waals surface area (Å²) in [5, 5.41) is 9.31. The lowest BCUT2D eigenvalue weighted by Gasteiger charge is -2.08. The van der Waals surface area contributed by atoms with Crippen molar-refractivity contribution in [3.05, 3.63) is 40.7 Å². The summed E-state index contributed by atoms with van der Waals surface area (Å²) >= 11 is 7.34. The fourth-order valence-corrected chi connectivity index (χ4v) is 2.61. The maximum Gasteiger partial charge on any atom is 0.276 e. The van der Waals surface area contributed by atoms with Crippen molar-refractivity contribution in [2.75, 3.05) is 0 Å². The number of benzene rings is 1. The van der Waals surface area contributed by atoms with Crippen molar-refractivity contribution in [2.24, 2.45) is 11.7 Å². The molecule has 0 aliphatic carbocycles. The number of hydrogen-bond acceptors (Lipinski definition) is 5. The average molecular weight is 348 g/mol. The summed E-state index contributed by atoms with van der Waals surface area (Å²) in [5.41, 5.74) is 7.17. The zero-order valence-corrected chi connectivity index (χ0v) is 14.3. The quantitative estimate of drug-likeness (QED) is 0.780. The van der Waals surface area contributed by atoms with Crippen molar-refractivity contribution in [2.45, 2.75) is 37.3 Å². The van der Waals surface area contributed by atoms with Crippen molar-refractivity contribution in [3.63, 3.8) is 0 Å². The summed E-state index contributed by atoms with van der Waals surface area (Å²) in [7, 11) is 0. The van der Waals surface area contributed by atoms with Gasteiger partial charge in [-0.2, -0.15) is 0 Å². The van der Waals surface area contributed by atoms with Crippen LogP contribution in [0.1, 0.15) is 37.8 Å². The number of nitrogens with two attached hydrogens (primary N) is 1. The minimum atomic E-state index is -0.188. The number of thioether (sulfide) groups is 1. The molecule has 0 spiro atoms. The molecule has 4 nitrogen and oxygen atoms in total. The highest BCUT2D eigenvalue weighted by atomic mass is 35.5. The third-order valence-electron chi connectivity index (χ3n) is 2.74. The normalized spacial score (nSPS) is 12.2. The molecule has 7 heteroatoms. The Morgan fingerprint density at radius 1 is 1.24 bits per heavy atom. The van der Waals surface area contributed by atoms with Gasteiger partial charge in [0.25, 0.3) is 5.22 Å². The molecular weight excluding hydrogens is 329 g/mol. The Kier molecular flexibility index (Phi) is 7.52. The fraction of sp³-hybridized carbons (Fsp3) is 0.429. The van der Waals surface area contributed by atoms with Gasteiger partial charge in [-0.15, -0.1) is 22.6 Å². The molecule has 0 radical (unpaired) electrons. The minimum absolute atomic E-state index is 0. The highest BCUT2D eigenvalue weighted by Gasteiger charge is 2.16. The van der Waals surface area contributed by atoms with Gasteiger partial charge in [0.1, 0.15) is 0 Å². The second kappa shape index (κ2) is 8.63. The van der Waals surface area contributed by atoms with Gasteiger partial charge in [-0.3, -0.25) is 0 Å². The van der Waals surface area contributed by atoms with Crippen LogP contribution in [0.3, 0.4) is 0 Å². The first-order valence-corrected chi connectivity index (χ1v) is 7.87. The molecule has 0 aliphatic rings. The average Bonchev–Trinajstić information content (AvgIpc) is 2.86. The predicted molar refractivity (Wildman–Crippen MR) is 88.9 cm³/mol. The van der Waals surface area contributed by atoms with E-state index < -0.39 is 0 Å². The number of halogens is 2. The van der Waals surface area contributed by atoms with Crippen molar-refractivity contribution >= 4 is 35.8 Å². The first-order valence-electron chi connectivity index (χ1n) is 6.51. The van der Waals surface area contributed by atoms with E-state index in [9.17, 15) is 0 Å². The summed E-state index contributed by atoms with van der Waals surface area (Å²) in [5.74, 6) is 1.78. The summed E-state index contributed by atoms with van der Waals surface area (Å²) in [6, 6.07) is 7.52. The van der Waals surface area contributed by atoms with E-state index in [0.29, 0.717) is 17.0 Å². The van der Waals surface area contributed by atoms with Gasteiger partial charge in [0.15, 0.2) is 0 Å². The molecule has 0 amide bonds. The number of aromatic nitrogens is 2. The lowest BCUT2D eigenvalue weighted by atomic mass is 10.1. The summed E-state index contributed by atoms with van der Waals surface area (Å²) in [6.45, 7) is 4.23. The highest BCUT2D eigenvalue weighted by molar-refractivity contribution is 7.98. The van der Waals surface area contributed by atoms with Gasteiger partial charge >= 0.3 is 0 Å². The van der Waals surface area contributed by atoms with E-state index in [4.69, 9.17) is 21.8 Å². The standard InChI is InChI=1S/C14H18ClN3OS.ClH/c1-9(2)7-12(16)13-17-18-14(19-13)20-8-10-3-5-11(15)6-4-10;/h3-6,9,12H,7-8,16H2,1-2H3;1H/t12-;/m0./s1. The lowest BCUT2D eigenvalue weighted by molar-refractivity contribution is 0.361. The lowest BCUT2D eigenvalue weighted by Crippen LogP contribution is -2.13. The molecule has 1 heterocycles. The van der Waals surface area contributed by atoms with Gasteiger partial charge < -0.3 is 10.2 Å². The molecule has 2 aromatic rings. The van der Waals surface area contributed by atoms with Gasteiger partial charge in [0.2, 0.25) is 5.89 Å². The van der Waals surface area contributed by atoms with Crippen molar-refractivity contribution in [3.8, 4) is 0 Å². The molecule has 1 aromatic heterocycles. The van der Waals surface area contributed by atoms with E-state index in [1.54, 1.807) is 0 Å². The molecule has 2 rings (SSSR count). The van der Waals surface area contributed by atoms with Gasteiger partial charge in [0.05, 0.1) is 6.04 Å². The second-order valence-electron chi connectivity index (χ2n) is 5.06. The second-order valence-corrected chi connectivity index (χ2v) is 6.42. The number of nitrogens with zero attached hydrogens (tertiary/aromatic N) is 2. The van der Waals surface area contributed by atoms with Crippen LogP contribution in [0, 0.1) is 5.92 Å². The Morgan fingerprint density at radius 3 is 2.52 bits per heavy atom. The summed E-state index contributed by atoms with van der Waals surface area (Å²) < 4.78 is 5.58. The van der Waals surface area contributed by atoms with E-state index in [0.717, 1.165) is 22.8 Å². The van der Waals surface area contributed by atoms with Crippen LogP contribution in [0.5, 0.6) is 0 Å². The molecule has 1 atom stereocenters. The zero-order valence-electron chi connectivity index (χ0n) is 12.0. The third-order valence-corrected chi connectivity index (χ3v) is 3.88. The number of rotatable bonds is 6. The largest absolute Gasteiger partial charge is 0.414 e. The Bertz CT molecular complexity index is 545. The van der Waals surface area contributed by atoms with Crippen molar-refractivity contribution in [1.82, 2.24) is 10.2 Å². The van der Waals surface area contributed by atoms with Crippen LogP contribution in [-0.2, 0) is 5.75 Å². The van der Waals surface area contributed by atoms with Crippen LogP contribution in [0.15, 0.2) is 33.9 Å². The predicted octanol–water partition coefficient (Wildman–Crippen LogP) is 4.48. The summed E-state index contributed by atoms with van der Waals surface area (Å²) in [4.78, 5) is 0. The van der Waals surface area contributed by atoms with Gasteiger partial charge in [0, 0.05) is 10.8 Å². The maximum atomic E-state index is 6.01. The zero-order chi connectivity index (χ0) is 14.5. The minimum Gasteiger partial charge on any atom is -0.414 e. The SMILES string of the molecule is CC(C)C[C@H](N)c1nnc(SCc2ccc(Cl)cc2)o1.Cl. The van der Waals surface area contributed by atoms with E-state index in [-0.39, 0.29) is 18.4 Å². The van der Waals surface area contributed by atoms with E-state index in [1.807, 2.05) is 24.3 Å². The Balaban J connectivity index is 0.00000220. The molecule has 0 unspecified atom stereocenters. The van der Waals surface area contributed by atoms with E-state index in [1.165, 1.54) is 11.8 Å². The van der Waals surface area contributed by atoms with Crippen LogP contribution in [0.25, 0.3) is 0 Å². The molecule has 1 aromatic carbocycles. The molecule has 0 bridgehead atoms.